The highest BCUT2D eigenvalue weighted by Gasteiger charge is 2.24. The molecule has 0 saturated carbocycles. The summed E-state index contributed by atoms with van der Waals surface area (Å²) in [6, 6.07) is 0. The molecular weight excluding hydrogens is 202 g/mol. The van der Waals surface area contributed by atoms with Gasteiger partial charge in [-0.15, -0.1) is 0 Å². The summed E-state index contributed by atoms with van der Waals surface area (Å²) in [4.78, 5) is 20.3. The molecule has 0 saturated heterocycles. The van der Waals surface area contributed by atoms with Crippen LogP contribution in [-0.2, 0) is 6.54 Å². The molecule has 0 aliphatic heterocycles. The Morgan fingerprint density at radius 1 is 1.80 bits per heavy atom. The fourth-order valence-electron chi connectivity index (χ4n) is 1.00. The van der Waals surface area contributed by atoms with E-state index in [2.05, 4.69) is 5.10 Å². The lowest BCUT2D eigenvalue weighted by molar-refractivity contribution is -0.385. The fourth-order valence-corrected chi connectivity index (χ4v) is 1.00. The number of carbonyl (C=O) groups is 1. The molecule has 1 aromatic heterocycles. The summed E-state index contributed by atoms with van der Waals surface area (Å²) in [6.07, 6.45) is 4.56. The minimum atomic E-state index is -1.40. The Kier molecular flexibility index (Phi) is 3.17. The highest BCUT2D eigenvalue weighted by atomic mass is 16.6. The molecule has 1 N–H and O–H groups in total. The highest BCUT2D eigenvalue weighted by molar-refractivity contribution is 5.89. The number of hydrogen-bond donors (Lipinski definition) is 1. The minimum Gasteiger partial charge on any atom is -0.476 e. The van der Waals surface area contributed by atoms with Crippen molar-refractivity contribution >= 4 is 11.7 Å². The number of nitrogens with zero attached hydrogens (tertiary/aromatic N) is 3. The molecule has 1 heterocycles. The van der Waals surface area contributed by atoms with Crippen LogP contribution in [0.5, 0.6) is 0 Å². The molecule has 1 aromatic rings. The van der Waals surface area contributed by atoms with Crippen molar-refractivity contribution in [3.63, 3.8) is 0 Å². The van der Waals surface area contributed by atoms with Crippen LogP contribution in [-0.4, -0.2) is 25.8 Å². The van der Waals surface area contributed by atoms with Crippen molar-refractivity contribution in [2.24, 2.45) is 0 Å². The van der Waals surface area contributed by atoms with E-state index in [9.17, 15) is 14.9 Å². The number of allylic oxidation sites excluding steroid dienone is 2. The molecule has 0 fully saturated rings. The standard InChI is InChI=1S/C8H9N3O4/c1-2-3-4-10-5-6(11(14)15)7(9-10)8(12)13/h2-3,5H,4H2,1H3,(H,12,13)/b3-2+. The first-order valence-electron chi connectivity index (χ1n) is 4.12. The number of nitro groups is 1. The predicted octanol–water partition coefficient (Wildman–Crippen LogP) is 1.07. The third-order valence-corrected chi connectivity index (χ3v) is 1.67. The highest BCUT2D eigenvalue weighted by Crippen LogP contribution is 2.16. The van der Waals surface area contributed by atoms with E-state index in [-0.39, 0.29) is 0 Å². The first-order chi connectivity index (χ1) is 7.06. The SMILES string of the molecule is C/C=C/Cn1cc([N+](=O)[O-])c(C(=O)O)n1. The molecule has 7 heteroatoms. The van der Waals surface area contributed by atoms with E-state index in [1.807, 2.05) is 0 Å². The van der Waals surface area contributed by atoms with Gasteiger partial charge in [0.25, 0.3) is 0 Å². The fraction of sp³-hybridized carbons (Fsp3) is 0.250. The van der Waals surface area contributed by atoms with Crippen molar-refractivity contribution in [1.82, 2.24) is 9.78 Å². The maximum absolute atomic E-state index is 10.6. The third kappa shape index (κ3) is 2.39. The second kappa shape index (κ2) is 4.36. The molecular formula is C8H9N3O4. The average molecular weight is 211 g/mol. The second-order valence-electron chi connectivity index (χ2n) is 2.72. The van der Waals surface area contributed by atoms with Crippen molar-refractivity contribution < 1.29 is 14.8 Å². The van der Waals surface area contributed by atoms with Gasteiger partial charge >= 0.3 is 11.7 Å². The van der Waals surface area contributed by atoms with Crippen molar-refractivity contribution in [2.75, 3.05) is 0 Å². The molecule has 1 rings (SSSR count). The van der Waals surface area contributed by atoms with Crippen LogP contribution >= 0.6 is 0 Å². The van der Waals surface area contributed by atoms with E-state index in [1.54, 1.807) is 19.1 Å². The molecule has 0 aliphatic rings. The Hall–Kier alpha value is -2.18. The van der Waals surface area contributed by atoms with Crippen LogP contribution in [0.15, 0.2) is 18.3 Å². The first kappa shape index (κ1) is 10.9. The molecule has 15 heavy (non-hydrogen) atoms. The van der Waals surface area contributed by atoms with Crippen LogP contribution in [0.3, 0.4) is 0 Å². The summed E-state index contributed by atoms with van der Waals surface area (Å²) in [5.74, 6) is -1.40. The molecule has 0 atom stereocenters. The Morgan fingerprint density at radius 2 is 2.47 bits per heavy atom. The van der Waals surface area contributed by atoms with Crippen LogP contribution in [0, 0.1) is 10.1 Å². The normalized spacial score (nSPS) is 10.7. The van der Waals surface area contributed by atoms with Crippen LogP contribution in [0.25, 0.3) is 0 Å². The number of rotatable bonds is 4. The Balaban J connectivity index is 3.09. The van der Waals surface area contributed by atoms with Crippen molar-refractivity contribution in [3.8, 4) is 0 Å². The molecule has 7 nitrogen and oxygen atoms in total. The molecule has 0 aliphatic carbocycles. The quantitative estimate of drug-likeness (QED) is 0.456. The molecule has 0 unspecified atom stereocenters. The average Bonchev–Trinajstić information content (AvgIpc) is 2.58. The van der Waals surface area contributed by atoms with Crippen LogP contribution in [0.4, 0.5) is 5.69 Å². The zero-order valence-electron chi connectivity index (χ0n) is 7.95. The molecule has 80 valence electrons. The van der Waals surface area contributed by atoms with Gasteiger partial charge in [0.15, 0.2) is 0 Å². The minimum absolute atomic E-state index is 0.310. The predicted molar refractivity (Wildman–Crippen MR) is 50.7 cm³/mol. The number of aromatic nitrogens is 2. The summed E-state index contributed by atoms with van der Waals surface area (Å²) in [5, 5.41) is 22.7. The van der Waals surface area contributed by atoms with Gasteiger partial charge in [0.05, 0.1) is 11.5 Å². The topological polar surface area (TPSA) is 98.3 Å². The Morgan fingerprint density at radius 3 is 2.87 bits per heavy atom. The van der Waals surface area contributed by atoms with Crippen molar-refractivity contribution in [2.45, 2.75) is 13.5 Å². The zero-order valence-corrected chi connectivity index (χ0v) is 7.95. The molecule has 0 amide bonds. The van der Waals surface area contributed by atoms with Crippen LogP contribution in [0.2, 0.25) is 0 Å². The Bertz CT molecular complexity index is 390. The van der Waals surface area contributed by atoms with Crippen molar-refractivity contribution in [3.05, 3.63) is 34.2 Å². The van der Waals surface area contributed by atoms with E-state index < -0.39 is 22.3 Å². The van der Waals surface area contributed by atoms with Crippen molar-refractivity contribution in [1.29, 1.82) is 0 Å². The maximum atomic E-state index is 10.6. The number of carboxylic acid groups (broad SMARTS) is 1. The third-order valence-electron chi connectivity index (χ3n) is 1.67. The zero-order chi connectivity index (χ0) is 11.4. The Labute approximate surface area is 84.8 Å². The smallest absolute Gasteiger partial charge is 0.363 e. The summed E-state index contributed by atoms with van der Waals surface area (Å²) in [5.41, 5.74) is -1.03. The van der Waals surface area contributed by atoms with Gasteiger partial charge < -0.3 is 5.11 Å². The van der Waals surface area contributed by atoms with E-state index >= 15 is 0 Å². The first-order valence-corrected chi connectivity index (χ1v) is 4.12. The monoisotopic (exact) mass is 211 g/mol. The number of carboxylic acids is 1. The summed E-state index contributed by atoms with van der Waals surface area (Å²) < 4.78 is 1.21. The van der Waals surface area contributed by atoms with Gasteiger partial charge in [-0.1, -0.05) is 12.2 Å². The molecule has 0 bridgehead atoms. The second-order valence-corrected chi connectivity index (χ2v) is 2.72. The largest absolute Gasteiger partial charge is 0.476 e. The van der Waals surface area contributed by atoms with E-state index in [1.165, 1.54) is 4.68 Å². The van der Waals surface area contributed by atoms with E-state index in [0.717, 1.165) is 6.20 Å². The molecule has 0 radical (unpaired) electrons. The lowest BCUT2D eigenvalue weighted by Gasteiger charge is -1.91. The van der Waals surface area contributed by atoms with Gasteiger partial charge in [0, 0.05) is 0 Å². The van der Waals surface area contributed by atoms with E-state index in [0.29, 0.717) is 6.54 Å². The number of aromatic carboxylic acids is 1. The van der Waals surface area contributed by atoms with Crippen LogP contribution in [0.1, 0.15) is 17.4 Å². The lowest BCUT2D eigenvalue weighted by Crippen LogP contribution is -2.03. The number of hydrogen-bond acceptors (Lipinski definition) is 4. The van der Waals surface area contributed by atoms with Gasteiger partial charge in [-0.25, -0.2) is 4.79 Å². The van der Waals surface area contributed by atoms with Gasteiger partial charge in [0.1, 0.15) is 6.20 Å². The summed E-state index contributed by atoms with van der Waals surface area (Å²) in [7, 11) is 0. The summed E-state index contributed by atoms with van der Waals surface area (Å²) in [6.45, 7) is 2.10. The van der Waals surface area contributed by atoms with Gasteiger partial charge in [-0.2, -0.15) is 5.10 Å². The lowest BCUT2D eigenvalue weighted by atomic mass is 10.4. The van der Waals surface area contributed by atoms with Gasteiger partial charge in [-0.05, 0) is 6.92 Å². The maximum Gasteiger partial charge on any atom is 0.363 e. The van der Waals surface area contributed by atoms with Crippen LogP contribution < -0.4 is 0 Å². The van der Waals surface area contributed by atoms with E-state index in [4.69, 9.17) is 5.11 Å². The molecule has 0 spiro atoms. The van der Waals surface area contributed by atoms with Gasteiger partial charge in [0.2, 0.25) is 5.69 Å². The van der Waals surface area contributed by atoms with Gasteiger partial charge in [-0.3, -0.25) is 14.8 Å². The summed E-state index contributed by atoms with van der Waals surface area (Å²) >= 11 is 0. The molecule has 0 aromatic carbocycles.